The maximum absolute atomic E-state index is 10.4. The van der Waals surface area contributed by atoms with E-state index >= 15 is 0 Å². The lowest BCUT2D eigenvalue weighted by Crippen LogP contribution is -2.37. The van der Waals surface area contributed by atoms with Crippen molar-refractivity contribution in [2.24, 2.45) is 5.73 Å². The maximum atomic E-state index is 10.4. The van der Waals surface area contributed by atoms with Gasteiger partial charge in [0, 0.05) is 0 Å². The summed E-state index contributed by atoms with van der Waals surface area (Å²) in [4.78, 5) is 10.4. The molecule has 1 atom stereocenters. The number of hydrogen-bond donors (Lipinski definition) is 2. The van der Waals surface area contributed by atoms with Crippen LogP contribution in [-0.4, -0.2) is 12.1 Å². The molecule has 1 rings (SSSR count). The molecule has 1 aliphatic carbocycles. The molecule has 0 radical (unpaired) electrons. The van der Waals surface area contributed by atoms with Crippen molar-refractivity contribution in [3.05, 3.63) is 11.6 Å². The van der Waals surface area contributed by atoms with Gasteiger partial charge in [-0.05, 0) is 19.8 Å². The summed E-state index contributed by atoms with van der Waals surface area (Å²) in [5, 5.41) is 2.66. The third-order valence-corrected chi connectivity index (χ3v) is 1.79. The Kier molecular flexibility index (Phi) is 1.94. The van der Waals surface area contributed by atoms with Gasteiger partial charge in [0.2, 0.25) is 0 Å². The highest BCUT2D eigenvalue weighted by atomic mass is 16.2. The molecule has 0 aromatic carbocycles. The highest BCUT2D eigenvalue weighted by Gasteiger charge is 2.15. The summed E-state index contributed by atoms with van der Waals surface area (Å²) in [5.41, 5.74) is 6.18. The zero-order valence-corrected chi connectivity index (χ0v) is 6.05. The number of hydrogen-bond acceptors (Lipinski definition) is 1. The van der Waals surface area contributed by atoms with Gasteiger partial charge >= 0.3 is 6.03 Å². The molecular formula is C7H12N2O. The first-order valence-electron chi connectivity index (χ1n) is 3.43. The van der Waals surface area contributed by atoms with Gasteiger partial charge in [0.1, 0.15) is 0 Å². The van der Waals surface area contributed by atoms with Crippen molar-refractivity contribution in [1.82, 2.24) is 5.32 Å². The molecule has 0 heterocycles. The molecule has 3 nitrogen and oxygen atoms in total. The number of amides is 2. The van der Waals surface area contributed by atoms with E-state index in [-0.39, 0.29) is 6.04 Å². The molecule has 0 fully saturated rings. The van der Waals surface area contributed by atoms with Gasteiger partial charge in [-0.3, -0.25) is 0 Å². The second-order valence-corrected chi connectivity index (χ2v) is 2.59. The van der Waals surface area contributed by atoms with Crippen LogP contribution in [0.25, 0.3) is 0 Å². The normalized spacial score (nSPS) is 24.1. The van der Waals surface area contributed by atoms with Crippen molar-refractivity contribution >= 4 is 6.03 Å². The zero-order valence-electron chi connectivity index (χ0n) is 6.05. The van der Waals surface area contributed by atoms with E-state index in [9.17, 15) is 4.79 Å². The Bertz CT molecular complexity index is 174. The second kappa shape index (κ2) is 2.73. The quantitative estimate of drug-likeness (QED) is 0.519. The second-order valence-electron chi connectivity index (χ2n) is 2.59. The van der Waals surface area contributed by atoms with Crippen molar-refractivity contribution in [1.29, 1.82) is 0 Å². The largest absolute Gasteiger partial charge is 0.352 e. The fourth-order valence-electron chi connectivity index (χ4n) is 1.21. The van der Waals surface area contributed by atoms with Crippen molar-refractivity contribution in [3.63, 3.8) is 0 Å². The summed E-state index contributed by atoms with van der Waals surface area (Å²) in [7, 11) is 0. The fraction of sp³-hybridized carbons (Fsp3) is 0.571. The van der Waals surface area contributed by atoms with Crippen molar-refractivity contribution in [3.8, 4) is 0 Å². The third kappa shape index (κ3) is 1.50. The van der Waals surface area contributed by atoms with E-state index in [1.165, 1.54) is 5.57 Å². The summed E-state index contributed by atoms with van der Waals surface area (Å²) < 4.78 is 0. The van der Waals surface area contributed by atoms with Crippen molar-refractivity contribution < 1.29 is 4.79 Å². The van der Waals surface area contributed by atoms with Crippen LogP contribution in [0.5, 0.6) is 0 Å². The molecule has 2 amide bonds. The average Bonchev–Trinajstić information content (AvgIpc) is 2.15. The highest BCUT2D eigenvalue weighted by molar-refractivity contribution is 5.72. The smallest absolute Gasteiger partial charge is 0.312 e. The third-order valence-electron chi connectivity index (χ3n) is 1.79. The van der Waals surface area contributed by atoms with Gasteiger partial charge in [0.05, 0.1) is 6.04 Å². The van der Waals surface area contributed by atoms with Crippen LogP contribution in [0.3, 0.4) is 0 Å². The minimum Gasteiger partial charge on any atom is -0.352 e. The molecule has 10 heavy (non-hydrogen) atoms. The van der Waals surface area contributed by atoms with Crippen LogP contribution >= 0.6 is 0 Å². The summed E-state index contributed by atoms with van der Waals surface area (Å²) in [6, 6.07) is -0.239. The Morgan fingerprint density at radius 1 is 1.90 bits per heavy atom. The average molecular weight is 140 g/mol. The molecule has 56 valence electrons. The van der Waals surface area contributed by atoms with E-state index in [2.05, 4.69) is 11.4 Å². The monoisotopic (exact) mass is 140 g/mol. The lowest BCUT2D eigenvalue weighted by Gasteiger charge is -2.11. The highest BCUT2D eigenvalue weighted by Crippen LogP contribution is 2.17. The number of urea groups is 1. The summed E-state index contributed by atoms with van der Waals surface area (Å²) >= 11 is 0. The molecule has 0 aliphatic heterocycles. The van der Waals surface area contributed by atoms with E-state index in [1.807, 2.05) is 6.92 Å². The van der Waals surface area contributed by atoms with Crippen LogP contribution in [0.4, 0.5) is 4.79 Å². The molecular weight excluding hydrogens is 128 g/mol. The van der Waals surface area contributed by atoms with Gasteiger partial charge in [-0.2, -0.15) is 0 Å². The Labute approximate surface area is 60.3 Å². The SMILES string of the molecule is CC1=CCCC1NC(N)=O. The Morgan fingerprint density at radius 3 is 3.00 bits per heavy atom. The van der Waals surface area contributed by atoms with Gasteiger partial charge in [-0.15, -0.1) is 0 Å². The fourth-order valence-corrected chi connectivity index (χ4v) is 1.21. The standard InChI is InChI=1S/C7H12N2O/c1-5-3-2-4-6(5)9-7(8)10/h3,6H,2,4H2,1H3,(H3,8,9,10). The number of rotatable bonds is 1. The number of allylic oxidation sites excluding steroid dienone is 1. The first-order valence-corrected chi connectivity index (χ1v) is 3.43. The van der Waals surface area contributed by atoms with Crippen LogP contribution in [0, 0.1) is 0 Å². The summed E-state index contributed by atoms with van der Waals surface area (Å²) in [5.74, 6) is 0. The first kappa shape index (κ1) is 7.12. The van der Waals surface area contributed by atoms with Gasteiger partial charge in [0.15, 0.2) is 0 Å². The number of nitrogens with two attached hydrogens (primary N) is 1. The van der Waals surface area contributed by atoms with Crippen LogP contribution in [0.2, 0.25) is 0 Å². The minimum absolute atomic E-state index is 0.192. The molecule has 0 aromatic heterocycles. The Hall–Kier alpha value is -0.990. The maximum Gasteiger partial charge on any atom is 0.312 e. The Balaban J connectivity index is 2.43. The summed E-state index contributed by atoms with van der Waals surface area (Å²) in [6.45, 7) is 2.01. The number of nitrogens with one attached hydrogen (secondary N) is 1. The number of carbonyl (C=O) groups excluding carboxylic acids is 1. The number of carbonyl (C=O) groups is 1. The van der Waals surface area contributed by atoms with Crippen LogP contribution in [0.15, 0.2) is 11.6 Å². The predicted molar refractivity (Wildman–Crippen MR) is 39.5 cm³/mol. The molecule has 3 N–H and O–H groups in total. The van der Waals surface area contributed by atoms with E-state index < -0.39 is 6.03 Å². The predicted octanol–water partition coefficient (Wildman–Crippen LogP) is 0.763. The number of primary amides is 1. The Morgan fingerprint density at radius 2 is 2.60 bits per heavy atom. The molecule has 1 unspecified atom stereocenters. The molecule has 0 aromatic rings. The lowest BCUT2D eigenvalue weighted by molar-refractivity contribution is 0.246. The molecule has 0 saturated heterocycles. The molecule has 0 bridgehead atoms. The van der Waals surface area contributed by atoms with Crippen LogP contribution < -0.4 is 11.1 Å². The van der Waals surface area contributed by atoms with Gasteiger partial charge in [-0.1, -0.05) is 11.6 Å². The van der Waals surface area contributed by atoms with Crippen LogP contribution in [-0.2, 0) is 0 Å². The van der Waals surface area contributed by atoms with Gasteiger partial charge in [0.25, 0.3) is 0 Å². The molecule has 0 spiro atoms. The topological polar surface area (TPSA) is 55.1 Å². The van der Waals surface area contributed by atoms with Gasteiger partial charge < -0.3 is 11.1 Å². The molecule has 3 heteroatoms. The van der Waals surface area contributed by atoms with Crippen molar-refractivity contribution in [2.45, 2.75) is 25.8 Å². The van der Waals surface area contributed by atoms with Crippen molar-refractivity contribution in [2.75, 3.05) is 0 Å². The van der Waals surface area contributed by atoms with E-state index in [0.29, 0.717) is 0 Å². The van der Waals surface area contributed by atoms with Gasteiger partial charge in [-0.25, -0.2) is 4.79 Å². The van der Waals surface area contributed by atoms with Crippen LogP contribution in [0.1, 0.15) is 19.8 Å². The molecule has 0 saturated carbocycles. The van der Waals surface area contributed by atoms with E-state index in [1.54, 1.807) is 0 Å². The summed E-state index contributed by atoms with van der Waals surface area (Å²) in [6.07, 6.45) is 4.17. The first-order chi connectivity index (χ1) is 4.70. The van der Waals surface area contributed by atoms with E-state index in [0.717, 1.165) is 12.8 Å². The molecule has 1 aliphatic rings. The lowest BCUT2D eigenvalue weighted by atomic mass is 10.2. The minimum atomic E-state index is -0.431. The zero-order chi connectivity index (χ0) is 7.56. The van der Waals surface area contributed by atoms with E-state index in [4.69, 9.17) is 5.73 Å².